The lowest BCUT2D eigenvalue weighted by atomic mass is 9.84. The second-order valence-electron chi connectivity index (χ2n) is 7.17. The van der Waals surface area contributed by atoms with Crippen LogP contribution in [-0.2, 0) is 25.7 Å². The molecule has 0 saturated carbocycles. The first-order valence-electron chi connectivity index (χ1n) is 9.13. The Hall–Kier alpha value is -3.00. The van der Waals surface area contributed by atoms with E-state index >= 15 is 0 Å². The zero-order valence-corrected chi connectivity index (χ0v) is 14.4. The van der Waals surface area contributed by atoms with E-state index in [1.807, 2.05) is 12.1 Å². The number of fused-ring (bicyclic) bond motifs is 1. The van der Waals surface area contributed by atoms with Crippen LogP contribution in [0.2, 0.25) is 0 Å². The summed E-state index contributed by atoms with van der Waals surface area (Å²) >= 11 is 0. The van der Waals surface area contributed by atoms with Crippen molar-refractivity contribution in [3.63, 3.8) is 0 Å². The molecule has 4 bridgehead atoms. The number of hydrogen-bond acceptors (Lipinski definition) is 2. The summed E-state index contributed by atoms with van der Waals surface area (Å²) in [6.07, 6.45) is 6.49. The summed E-state index contributed by atoms with van der Waals surface area (Å²) in [4.78, 5) is 25.0. The molecule has 26 heavy (non-hydrogen) atoms. The molecule has 2 nitrogen and oxygen atoms in total. The van der Waals surface area contributed by atoms with E-state index in [0.29, 0.717) is 11.1 Å². The Morgan fingerprint density at radius 2 is 1.19 bits per heavy atom. The van der Waals surface area contributed by atoms with E-state index in [0.717, 1.165) is 42.0 Å². The lowest BCUT2D eigenvalue weighted by Crippen LogP contribution is -2.13. The van der Waals surface area contributed by atoms with E-state index in [9.17, 15) is 9.59 Å². The van der Waals surface area contributed by atoms with Crippen LogP contribution in [0.4, 0.5) is 0 Å². The molecule has 0 amide bonds. The number of ketones is 2. The predicted molar refractivity (Wildman–Crippen MR) is 103 cm³/mol. The summed E-state index contributed by atoms with van der Waals surface area (Å²) in [5.41, 5.74) is 6.17. The molecule has 126 valence electrons. The van der Waals surface area contributed by atoms with Crippen LogP contribution in [0.3, 0.4) is 0 Å². The highest BCUT2D eigenvalue weighted by Gasteiger charge is 2.24. The van der Waals surface area contributed by atoms with Gasteiger partial charge in [-0.25, -0.2) is 0 Å². The number of hydrogen-bond donors (Lipinski definition) is 0. The van der Waals surface area contributed by atoms with E-state index in [-0.39, 0.29) is 11.6 Å². The fraction of sp³-hybridized carbons (Fsp3) is 0.167. The largest absolute Gasteiger partial charge is 0.289 e. The summed E-state index contributed by atoms with van der Waals surface area (Å²) in [6.45, 7) is 0. The first kappa shape index (κ1) is 15.3. The third-order valence-corrected chi connectivity index (χ3v) is 5.65. The molecule has 0 aromatic heterocycles. The first-order valence-corrected chi connectivity index (χ1v) is 9.13. The topological polar surface area (TPSA) is 34.1 Å². The lowest BCUT2D eigenvalue weighted by Gasteiger charge is -2.19. The molecule has 0 radical (unpaired) electrons. The fourth-order valence-corrected chi connectivity index (χ4v) is 4.22. The van der Waals surface area contributed by atoms with Crippen LogP contribution in [-0.4, -0.2) is 11.6 Å². The van der Waals surface area contributed by atoms with Crippen molar-refractivity contribution in [2.45, 2.75) is 25.7 Å². The van der Waals surface area contributed by atoms with Crippen LogP contribution in [0.15, 0.2) is 60.7 Å². The fourth-order valence-electron chi connectivity index (χ4n) is 4.22. The third-order valence-electron chi connectivity index (χ3n) is 5.65. The quantitative estimate of drug-likeness (QED) is 0.597. The van der Waals surface area contributed by atoms with Crippen LogP contribution in [0.5, 0.6) is 0 Å². The minimum atomic E-state index is -0.0752. The lowest BCUT2D eigenvalue weighted by molar-refractivity contribution is 0.0995. The number of rotatable bonds is 0. The second kappa shape index (κ2) is 5.77. The maximum absolute atomic E-state index is 12.7. The minimum Gasteiger partial charge on any atom is -0.289 e. The molecule has 0 heterocycles. The van der Waals surface area contributed by atoms with Crippen molar-refractivity contribution in [3.8, 4) is 0 Å². The van der Waals surface area contributed by atoms with Crippen molar-refractivity contribution in [3.05, 3.63) is 94.1 Å². The van der Waals surface area contributed by atoms with Gasteiger partial charge in [0.15, 0.2) is 11.6 Å². The number of allylic oxidation sites excluding steroid dienone is 2. The van der Waals surface area contributed by atoms with Gasteiger partial charge >= 0.3 is 0 Å². The molecule has 0 N–H and O–H groups in total. The maximum atomic E-state index is 12.7. The average molecular weight is 338 g/mol. The van der Waals surface area contributed by atoms with E-state index in [4.69, 9.17) is 0 Å². The molecule has 0 unspecified atom stereocenters. The van der Waals surface area contributed by atoms with Gasteiger partial charge in [-0.3, -0.25) is 9.59 Å². The van der Waals surface area contributed by atoms with Crippen molar-refractivity contribution in [1.29, 1.82) is 0 Å². The van der Waals surface area contributed by atoms with Gasteiger partial charge in [0, 0.05) is 11.1 Å². The molecule has 0 atom stereocenters. The first-order chi connectivity index (χ1) is 12.7. The monoisotopic (exact) mass is 338 g/mol. The molecular formula is C24H18O2. The predicted octanol–water partition coefficient (Wildman–Crippen LogP) is 4.66. The van der Waals surface area contributed by atoms with Gasteiger partial charge in [-0.1, -0.05) is 42.5 Å². The molecule has 5 aliphatic rings. The van der Waals surface area contributed by atoms with Crippen LogP contribution in [0.25, 0.3) is 10.8 Å². The Kier molecular flexibility index (Phi) is 3.39. The standard InChI is InChI=1S/C24H18O2/c25-21-13-14-22(26)24-20(21)12-11-19-17-7-5-15-1-3-16(4-2-15)6-8-18(10-9-17)23(19)24/h1-4,9-14H,5-8H2. The van der Waals surface area contributed by atoms with Gasteiger partial charge in [-0.2, -0.15) is 0 Å². The molecular weight excluding hydrogens is 320 g/mol. The Bertz CT molecular complexity index is 1100. The SMILES string of the molecule is O=C1C=CC(=O)c2c1ccc1c3ccc(c21)CCc1ccc(cc1)CC3. The zero-order chi connectivity index (χ0) is 17.7. The van der Waals surface area contributed by atoms with Gasteiger partial charge in [-0.05, 0) is 76.9 Å². The number of carbonyl (C=O) groups is 2. The van der Waals surface area contributed by atoms with E-state index < -0.39 is 0 Å². The number of aryl methyl sites for hydroxylation is 4. The van der Waals surface area contributed by atoms with Crippen molar-refractivity contribution < 1.29 is 9.59 Å². The van der Waals surface area contributed by atoms with Crippen LogP contribution in [0.1, 0.15) is 43.0 Å². The van der Waals surface area contributed by atoms with Crippen LogP contribution >= 0.6 is 0 Å². The van der Waals surface area contributed by atoms with Gasteiger partial charge in [0.05, 0.1) is 0 Å². The Balaban J connectivity index is 1.79. The molecule has 3 aromatic rings. The second-order valence-corrected chi connectivity index (χ2v) is 7.17. The molecule has 3 aromatic carbocycles. The number of carbonyl (C=O) groups excluding carboxylic acids is 2. The Morgan fingerprint density at radius 1 is 0.577 bits per heavy atom. The van der Waals surface area contributed by atoms with Crippen molar-refractivity contribution in [2.75, 3.05) is 0 Å². The highest BCUT2D eigenvalue weighted by atomic mass is 16.1. The summed E-state index contributed by atoms with van der Waals surface area (Å²) < 4.78 is 0. The van der Waals surface area contributed by atoms with Gasteiger partial charge in [0.25, 0.3) is 0 Å². The molecule has 2 heteroatoms. The molecule has 5 aliphatic carbocycles. The number of benzene rings is 3. The smallest absolute Gasteiger partial charge is 0.187 e. The van der Waals surface area contributed by atoms with Gasteiger partial charge in [0.2, 0.25) is 0 Å². The van der Waals surface area contributed by atoms with E-state index in [1.54, 1.807) is 0 Å². The van der Waals surface area contributed by atoms with Gasteiger partial charge in [0.1, 0.15) is 0 Å². The molecule has 8 rings (SSSR count). The Labute approximate surface area is 152 Å². The van der Waals surface area contributed by atoms with Gasteiger partial charge < -0.3 is 0 Å². The van der Waals surface area contributed by atoms with Crippen molar-refractivity contribution in [1.82, 2.24) is 0 Å². The van der Waals surface area contributed by atoms with Crippen molar-refractivity contribution in [2.24, 2.45) is 0 Å². The summed E-state index contributed by atoms with van der Waals surface area (Å²) in [7, 11) is 0. The van der Waals surface area contributed by atoms with E-state index in [2.05, 4.69) is 36.4 Å². The van der Waals surface area contributed by atoms with E-state index in [1.165, 1.54) is 28.8 Å². The van der Waals surface area contributed by atoms with Crippen LogP contribution in [0, 0.1) is 0 Å². The van der Waals surface area contributed by atoms with Gasteiger partial charge in [-0.15, -0.1) is 0 Å². The molecule has 0 saturated heterocycles. The normalized spacial score (nSPS) is 15.8. The zero-order valence-electron chi connectivity index (χ0n) is 14.4. The Morgan fingerprint density at radius 3 is 1.92 bits per heavy atom. The van der Waals surface area contributed by atoms with Crippen LogP contribution < -0.4 is 0 Å². The maximum Gasteiger partial charge on any atom is 0.187 e. The molecule has 0 fully saturated rings. The van der Waals surface area contributed by atoms with Crippen molar-refractivity contribution >= 4 is 22.3 Å². The third kappa shape index (κ3) is 2.33. The highest BCUT2D eigenvalue weighted by Crippen LogP contribution is 2.33. The minimum absolute atomic E-state index is 0.0564. The highest BCUT2D eigenvalue weighted by molar-refractivity contribution is 6.27. The molecule has 0 spiro atoms. The summed E-state index contributed by atoms with van der Waals surface area (Å²) in [5, 5.41) is 2.10. The average Bonchev–Trinajstić information content (AvgIpc) is 2.66. The summed E-state index contributed by atoms with van der Waals surface area (Å²) in [6, 6.07) is 17.1. The molecule has 0 aliphatic heterocycles. The summed E-state index contributed by atoms with van der Waals surface area (Å²) in [5.74, 6) is -0.132.